The van der Waals surface area contributed by atoms with Gasteiger partial charge in [0.1, 0.15) is 11.9 Å². The molecular weight excluding hydrogens is 374 g/mol. The Balaban J connectivity index is 0.00000225. The van der Waals surface area contributed by atoms with Crippen LogP contribution in [-0.4, -0.2) is 32.1 Å². The van der Waals surface area contributed by atoms with E-state index in [0.29, 0.717) is 13.1 Å². The predicted octanol–water partition coefficient (Wildman–Crippen LogP) is 2.83. The van der Waals surface area contributed by atoms with Gasteiger partial charge in [-0.05, 0) is 24.5 Å². The fraction of sp³-hybridized carbons (Fsp3) is 0.286. The molecule has 2 N–H and O–H groups in total. The molecule has 0 unspecified atom stereocenters. The molecule has 2 aromatic carbocycles. The average molecular weight is 398 g/mol. The predicted molar refractivity (Wildman–Crippen MR) is 110 cm³/mol. The number of aromatic nitrogens is 3. The summed E-state index contributed by atoms with van der Waals surface area (Å²) in [7, 11) is 0. The van der Waals surface area contributed by atoms with Gasteiger partial charge in [0, 0.05) is 6.54 Å². The average Bonchev–Trinajstić information content (AvgIpc) is 3.09. The van der Waals surface area contributed by atoms with E-state index in [0.717, 1.165) is 23.6 Å². The minimum absolute atomic E-state index is 0. The lowest BCUT2D eigenvalue weighted by Gasteiger charge is -2.35. The molecule has 1 aromatic heterocycles. The van der Waals surface area contributed by atoms with E-state index in [1.54, 1.807) is 0 Å². The summed E-state index contributed by atoms with van der Waals surface area (Å²) in [4.78, 5) is 14.9. The van der Waals surface area contributed by atoms with E-state index in [1.165, 1.54) is 5.56 Å². The van der Waals surface area contributed by atoms with Crippen LogP contribution in [0.1, 0.15) is 34.9 Å². The first-order chi connectivity index (χ1) is 13.1. The Morgan fingerprint density at radius 2 is 1.75 bits per heavy atom. The van der Waals surface area contributed by atoms with E-state index in [2.05, 4.69) is 26.9 Å². The van der Waals surface area contributed by atoms with Crippen LogP contribution in [-0.2, 0) is 17.8 Å². The normalized spacial score (nSPS) is 16.8. The largest absolute Gasteiger partial charge is 0.331 e. The highest BCUT2D eigenvalue weighted by atomic mass is 35.5. The van der Waals surface area contributed by atoms with Gasteiger partial charge in [-0.25, -0.2) is 0 Å². The third kappa shape index (κ3) is 3.93. The maximum atomic E-state index is 13.1. The molecular formula is C21H24ClN5O. The number of carbonyl (C=O) groups excluding carboxylic acids is 1. The first-order valence-corrected chi connectivity index (χ1v) is 9.17. The second-order valence-electron chi connectivity index (χ2n) is 6.98. The molecule has 2 atom stereocenters. The summed E-state index contributed by atoms with van der Waals surface area (Å²) >= 11 is 0. The number of rotatable bonds is 4. The number of nitrogens with zero attached hydrogens (tertiary/aromatic N) is 4. The molecule has 6 nitrogen and oxygen atoms in total. The van der Waals surface area contributed by atoms with Crippen molar-refractivity contribution in [3.63, 3.8) is 0 Å². The van der Waals surface area contributed by atoms with Crippen molar-refractivity contribution in [2.75, 3.05) is 6.54 Å². The van der Waals surface area contributed by atoms with Crippen molar-refractivity contribution in [1.82, 2.24) is 19.7 Å². The maximum Gasteiger partial charge on any atom is 0.244 e. The molecule has 146 valence electrons. The van der Waals surface area contributed by atoms with Gasteiger partial charge in [0.15, 0.2) is 5.82 Å². The van der Waals surface area contributed by atoms with Crippen molar-refractivity contribution < 1.29 is 4.79 Å². The molecule has 2 heterocycles. The molecule has 1 aliphatic rings. The highest BCUT2D eigenvalue weighted by Crippen LogP contribution is 2.27. The van der Waals surface area contributed by atoms with Crippen molar-refractivity contribution >= 4 is 18.3 Å². The van der Waals surface area contributed by atoms with Crippen LogP contribution in [0.3, 0.4) is 0 Å². The molecule has 1 amide bonds. The molecule has 0 saturated carbocycles. The zero-order chi connectivity index (χ0) is 18.8. The Labute approximate surface area is 170 Å². The lowest BCUT2D eigenvalue weighted by atomic mass is 10.0. The summed E-state index contributed by atoms with van der Waals surface area (Å²) in [6, 6.07) is 19.2. The number of amides is 1. The van der Waals surface area contributed by atoms with Gasteiger partial charge in [-0.1, -0.05) is 60.7 Å². The quantitative estimate of drug-likeness (QED) is 0.734. The fourth-order valence-corrected chi connectivity index (χ4v) is 3.78. The van der Waals surface area contributed by atoms with Crippen LogP contribution in [0.4, 0.5) is 0 Å². The van der Waals surface area contributed by atoms with Gasteiger partial charge in [0.25, 0.3) is 0 Å². The van der Waals surface area contributed by atoms with E-state index in [-0.39, 0.29) is 24.4 Å². The molecule has 0 saturated heterocycles. The summed E-state index contributed by atoms with van der Waals surface area (Å²) in [5.74, 6) is 1.62. The third-order valence-corrected chi connectivity index (χ3v) is 5.12. The summed E-state index contributed by atoms with van der Waals surface area (Å²) < 4.78 is 2.16. The molecule has 7 heteroatoms. The standard InChI is InChI=1S/C21H23N5O.ClH/c1-15-23-24-19-14-25(21(27)20(22)17-10-6-3-7-11-17)13-18(26(15)19)12-16-8-4-2-5-9-16;/h2-11,18,20H,12-14,22H2,1H3;1H/t18-,20-;/m1./s1. The van der Waals surface area contributed by atoms with Crippen molar-refractivity contribution in [1.29, 1.82) is 0 Å². The second kappa shape index (κ2) is 8.54. The Bertz CT molecular complexity index is 928. The van der Waals surface area contributed by atoms with Crippen molar-refractivity contribution in [2.24, 2.45) is 5.73 Å². The summed E-state index contributed by atoms with van der Waals surface area (Å²) in [5.41, 5.74) is 8.31. The van der Waals surface area contributed by atoms with Gasteiger partial charge in [-0.15, -0.1) is 22.6 Å². The lowest BCUT2D eigenvalue weighted by Crippen LogP contribution is -2.45. The van der Waals surface area contributed by atoms with E-state index in [1.807, 2.05) is 60.4 Å². The number of hydrogen-bond acceptors (Lipinski definition) is 4. The van der Waals surface area contributed by atoms with Crippen molar-refractivity contribution in [3.8, 4) is 0 Å². The number of halogens is 1. The van der Waals surface area contributed by atoms with Crippen LogP contribution >= 0.6 is 12.4 Å². The van der Waals surface area contributed by atoms with E-state index in [4.69, 9.17) is 5.73 Å². The van der Waals surface area contributed by atoms with E-state index >= 15 is 0 Å². The molecule has 0 aliphatic carbocycles. The van der Waals surface area contributed by atoms with Gasteiger partial charge in [0.2, 0.25) is 5.91 Å². The van der Waals surface area contributed by atoms with E-state index < -0.39 is 6.04 Å². The van der Waals surface area contributed by atoms with E-state index in [9.17, 15) is 4.79 Å². The monoisotopic (exact) mass is 397 g/mol. The topological polar surface area (TPSA) is 77.0 Å². The smallest absolute Gasteiger partial charge is 0.244 e. The maximum absolute atomic E-state index is 13.1. The zero-order valence-electron chi connectivity index (χ0n) is 15.7. The van der Waals surface area contributed by atoms with Crippen LogP contribution in [0.25, 0.3) is 0 Å². The molecule has 0 spiro atoms. The lowest BCUT2D eigenvalue weighted by molar-refractivity contribution is -0.134. The first-order valence-electron chi connectivity index (χ1n) is 9.17. The Hall–Kier alpha value is -2.70. The number of carbonyl (C=O) groups is 1. The molecule has 28 heavy (non-hydrogen) atoms. The van der Waals surface area contributed by atoms with Crippen LogP contribution in [0.15, 0.2) is 60.7 Å². The molecule has 4 rings (SSSR count). The number of hydrogen-bond donors (Lipinski definition) is 1. The second-order valence-corrected chi connectivity index (χ2v) is 6.98. The fourth-order valence-electron chi connectivity index (χ4n) is 3.78. The molecule has 1 aliphatic heterocycles. The summed E-state index contributed by atoms with van der Waals surface area (Å²) in [6.07, 6.45) is 0.817. The van der Waals surface area contributed by atoms with Crippen LogP contribution in [0.2, 0.25) is 0 Å². The molecule has 3 aromatic rings. The minimum Gasteiger partial charge on any atom is -0.331 e. The Morgan fingerprint density at radius 1 is 1.11 bits per heavy atom. The molecule has 0 radical (unpaired) electrons. The zero-order valence-corrected chi connectivity index (χ0v) is 16.5. The summed E-state index contributed by atoms with van der Waals surface area (Å²) in [5, 5.41) is 8.52. The van der Waals surface area contributed by atoms with Crippen LogP contribution < -0.4 is 5.73 Å². The highest BCUT2D eigenvalue weighted by molar-refractivity contribution is 5.85. The van der Waals surface area contributed by atoms with Gasteiger partial charge < -0.3 is 15.2 Å². The number of benzene rings is 2. The minimum atomic E-state index is -0.667. The van der Waals surface area contributed by atoms with Crippen LogP contribution in [0, 0.1) is 6.92 Å². The van der Waals surface area contributed by atoms with Crippen molar-refractivity contribution in [3.05, 3.63) is 83.4 Å². The number of fused-ring (bicyclic) bond motifs is 1. The van der Waals surface area contributed by atoms with Gasteiger partial charge in [-0.3, -0.25) is 4.79 Å². The molecule has 0 fully saturated rings. The first kappa shape index (κ1) is 20.0. The van der Waals surface area contributed by atoms with Gasteiger partial charge in [0.05, 0.1) is 12.6 Å². The number of aryl methyl sites for hydroxylation is 1. The third-order valence-electron chi connectivity index (χ3n) is 5.12. The van der Waals surface area contributed by atoms with Gasteiger partial charge >= 0.3 is 0 Å². The highest BCUT2D eigenvalue weighted by Gasteiger charge is 2.33. The summed E-state index contributed by atoms with van der Waals surface area (Å²) in [6.45, 7) is 2.99. The Kier molecular flexibility index (Phi) is 6.11. The van der Waals surface area contributed by atoms with Crippen LogP contribution in [0.5, 0.6) is 0 Å². The SMILES string of the molecule is Cc1nnc2n1[C@H](Cc1ccccc1)CN(C(=O)[C@H](N)c1ccccc1)C2.Cl. The van der Waals surface area contributed by atoms with Gasteiger partial charge in [-0.2, -0.15) is 0 Å². The molecule has 0 bridgehead atoms. The van der Waals surface area contributed by atoms with Crippen molar-refractivity contribution in [2.45, 2.75) is 32.0 Å². The Morgan fingerprint density at radius 3 is 2.43 bits per heavy atom. The number of nitrogens with two attached hydrogens (primary N) is 1.